The number of rotatable bonds is 5. The van der Waals surface area contributed by atoms with Gasteiger partial charge in [-0.25, -0.2) is 0 Å². The largest absolute Gasteiger partial charge is 0.593 e. The van der Waals surface area contributed by atoms with Crippen molar-refractivity contribution in [1.29, 1.82) is 0 Å². The zero-order valence-electron chi connectivity index (χ0n) is 13.5. The number of fused-ring (bicyclic) bond motifs is 2. The molecule has 3 aliphatic rings. The van der Waals surface area contributed by atoms with E-state index < -0.39 is 10.4 Å². The zero-order valence-corrected chi connectivity index (χ0v) is 14.3. The molecule has 0 amide bonds. The SMILES string of the molecule is COc1cccc([S+](=O)([O-])NC[C@@H]2CC[C@H]3C[C@@H]2C3(C)C)c1. The van der Waals surface area contributed by atoms with E-state index in [1.54, 1.807) is 24.3 Å². The third-order valence-corrected chi connectivity index (χ3v) is 7.31. The van der Waals surface area contributed by atoms with Gasteiger partial charge in [0.1, 0.15) is 5.75 Å². The summed E-state index contributed by atoms with van der Waals surface area (Å²) in [6.07, 6.45) is 3.63. The van der Waals surface area contributed by atoms with Gasteiger partial charge < -0.3 is 9.29 Å². The van der Waals surface area contributed by atoms with Crippen molar-refractivity contribution < 1.29 is 13.5 Å². The standard InChI is InChI=1S/C17H25NO3S/c1-17(2)13-8-7-12(16(17)9-13)11-18-22(19,20)15-6-4-5-14(10-15)21-3/h4-6,10,12-13,16H,7-9,11H2,1-3H3,(H-,18,19,20)/t12-,13-,16-/m0/s1. The van der Waals surface area contributed by atoms with Gasteiger partial charge in [0.2, 0.25) is 0 Å². The molecule has 1 N–H and O–H groups in total. The fourth-order valence-electron chi connectivity index (χ4n) is 4.28. The van der Waals surface area contributed by atoms with Gasteiger partial charge in [-0.2, -0.15) is 0 Å². The molecule has 3 aliphatic carbocycles. The van der Waals surface area contributed by atoms with Crippen LogP contribution in [-0.2, 0) is 14.6 Å². The smallest absolute Gasteiger partial charge is 0.178 e. The van der Waals surface area contributed by atoms with Gasteiger partial charge in [0, 0.05) is 12.6 Å². The minimum Gasteiger partial charge on any atom is -0.593 e. The van der Waals surface area contributed by atoms with Crippen LogP contribution in [0.2, 0.25) is 0 Å². The third kappa shape index (κ3) is 2.70. The molecule has 3 fully saturated rings. The van der Waals surface area contributed by atoms with E-state index in [4.69, 9.17) is 4.74 Å². The van der Waals surface area contributed by atoms with Gasteiger partial charge in [0.05, 0.1) is 7.11 Å². The highest BCUT2D eigenvalue weighted by molar-refractivity contribution is 7.95. The average Bonchev–Trinajstić information content (AvgIpc) is 2.53. The molecule has 4 atom stereocenters. The molecule has 1 unspecified atom stereocenters. The summed E-state index contributed by atoms with van der Waals surface area (Å²) in [5.74, 6) is 2.51. The molecule has 22 heavy (non-hydrogen) atoms. The maximum Gasteiger partial charge on any atom is 0.178 e. The second-order valence-electron chi connectivity index (χ2n) is 7.23. The van der Waals surface area contributed by atoms with E-state index in [0.29, 0.717) is 29.5 Å². The molecule has 3 saturated carbocycles. The maximum atomic E-state index is 12.5. The van der Waals surface area contributed by atoms with Gasteiger partial charge in [-0.05, 0) is 54.6 Å². The van der Waals surface area contributed by atoms with Crippen molar-refractivity contribution >= 4 is 10.4 Å². The number of ether oxygens (including phenoxy) is 1. The molecule has 0 heterocycles. The van der Waals surface area contributed by atoms with E-state index in [1.165, 1.54) is 20.0 Å². The molecule has 5 heteroatoms. The molecule has 4 rings (SSSR count). The molecule has 0 radical (unpaired) electrons. The van der Waals surface area contributed by atoms with Crippen molar-refractivity contribution in [1.82, 2.24) is 4.72 Å². The zero-order chi connectivity index (χ0) is 16.0. The predicted molar refractivity (Wildman–Crippen MR) is 86.2 cm³/mol. The molecule has 0 aliphatic heterocycles. The van der Waals surface area contributed by atoms with Crippen molar-refractivity contribution in [3.8, 4) is 5.75 Å². The maximum absolute atomic E-state index is 12.5. The number of benzene rings is 1. The van der Waals surface area contributed by atoms with Crippen LogP contribution in [0.15, 0.2) is 29.2 Å². The molecule has 1 aromatic rings. The van der Waals surface area contributed by atoms with Crippen LogP contribution in [0.3, 0.4) is 0 Å². The Kier molecular flexibility index (Phi) is 4.08. The Bertz CT molecular complexity index is 599. The third-order valence-electron chi connectivity index (χ3n) is 5.89. The molecule has 0 aromatic heterocycles. The molecule has 2 bridgehead atoms. The molecule has 1 aromatic carbocycles. The van der Waals surface area contributed by atoms with Gasteiger partial charge in [0.15, 0.2) is 15.3 Å². The van der Waals surface area contributed by atoms with Crippen LogP contribution in [-0.4, -0.2) is 18.2 Å². The van der Waals surface area contributed by atoms with Crippen molar-refractivity contribution in [2.75, 3.05) is 13.7 Å². The van der Waals surface area contributed by atoms with Crippen LogP contribution in [0.1, 0.15) is 33.1 Å². The van der Waals surface area contributed by atoms with E-state index in [2.05, 4.69) is 18.6 Å². The number of nitrogens with one attached hydrogen (secondary N) is 1. The van der Waals surface area contributed by atoms with Crippen LogP contribution in [0, 0.1) is 23.2 Å². The lowest BCUT2D eigenvalue weighted by Crippen LogP contribution is -2.54. The quantitative estimate of drug-likeness (QED) is 0.846. The highest BCUT2D eigenvalue weighted by Crippen LogP contribution is 2.61. The van der Waals surface area contributed by atoms with Crippen molar-refractivity contribution in [2.45, 2.75) is 38.0 Å². The monoisotopic (exact) mass is 323 g/mol. The highest BCUT2D eigenvalue weighted by atomic mass is 32.3. The lowest BCUT2D eigenvalue weighted by atomic mass is 9.45. The van der Waals surface area contributed by atoms with Crippen LogP contribution in [0.25, 0.3) is 0 Å². The minimum atomic E-state index is -3.47. The van der Waals surface area contributed by atoms with E-state index in [9.17, 15) is 8.76 Å². The molecule has 0 saturated heterocycles. The molecule has 4 nitrogen and oxygen atoms in total. The number of sulfonamides is 1. The van der Waals surface area contributed by atoms with Gasteiger partial charge in [-0.3, -0.25) is 0 Å². The van der Waals surface area contributed by atoms with E-state index in [-0.39, 0.29) is 4.90 Å². The Labute approximate surface area is 134 Å². The Morgan fingerprint density at radius 2 is 2.18 bits per heavy atom. The van der Waals surface area contributed by atoms with Gasteiger partial charge in [-0.1, -0.05) is 24.1 Å². The van der Waals surface area contributed by atoms with Crippen molar-refractivity contribution in [3.05, 3.63) is 24.3 Å². The second kappa shape index (κ2) is 5.62. The summed E-state index contributed by atoms with van der Waals surface area (Å²) >= 11 is 0. The lowest BCUT2D eigenvalue weighted by molar-refractivity contribution is -0.102. The predicted octanol–water partition coefficient (Wildman–Crippen LogP) is 3.26. The summed E-state index contributed by atoms with van der Waals surface area (Å²) in [4.78, 5) is 0.272. The first kappa shape index (κ1) is 16.0. The number of hydrogen-bond donors (Lipinski definition) is 1. The van der Waals surface area contributed by atoms with Gasteiger partial charge in [0.25, 0.3) is 0 Å². The topological polar surface area (TPSA) is 61.4 Å². The Balaban J connectivity index is 1.66. The minimum absolute atomic E-state index is 0.272. The average molecular weight is 323 g/mol. The van der Waals surface area contributed by atoms with Crippen LogP contribution < -0.4 is 9.46 Å². The second-order valence-corrected chi connectivity index (χ2v) is 9.00. The van der Waals surface area contributed by atoms with Crippen LogP contribution >= 0.6 is 0 Å². The molecule has 0 spiro atoms. The number of hydrogen-bond acceptors (Lipinski definition) is 3. The summed E-state index contributed by atoms with van der Waals surface area (Å²) < 4.78 is 32.8. The first-order chi connectivity index (χ1) is 10.3. The van der Waals surface area contributed by atoms with Gasteiger partial charge in [-0.15, -0.1) is 4.72 Å². The van der Waals surface area contributed by atoms with Crippen LogP contribution in [0.5, 0.6) is 5.75 Å². The Hall–Kier alpha value is -0.910. The van der Waals surface area contributed by atoms with Crippen LogP contribution in [0.4, 0.5) is 0 Å². The fourth-order valence-corrected chi connectivity index (χ4v) is 5.40. The van der Waals surface area contributed by atoms with Crippen molar-refractivity contribution in [3.63, 3.8) is 0 Å². The van der Waals surface area contributed by atoms with E-state index in [0.717, 1.165) is 12.3 Å². The van der Waals surface area contributed by atoms with E-state index >= 15 is 0 Å². The van der Waals surface area contributed by atoms with E-state index in [1.807, 2.05) is 0 Å². The lowest BCUT2D eigenvalue weighted by Gasteiger charge is -2.60. The first-order valence-electron chi connectivity index (χ1n) is 7.98. The number of methoxy groups -OCH3 is 1. The summed E-state index contributed by atoms with van der Waals surface area (Å²) in [5, 5.41) is 0. The summed E-state index contributed by atoms with van der Waals surface area (Å²) in [6.45, 7) is 5.20. The first-order valence-corrected chi connectivity index (χ1v) is 9.46. The normalized spacial score (nSPS) is 31.9. The fraction of sp³-hybridized carbons (Fsp3) is 0.647. The highest BCUT2D eigenvalue weighted by Gasteiger charge is 2.54. The summed E-state index contributed by atoms with van der Waals surface area (Å²) in [7, 11) is -1.93. The summed E-state index contributed by atoms with van der Waals surface area (Å²) in [5.41, 5.74) is 0.379. The Morgan fingerprint density at radius 3 is 2.82 bits per heavy atom. The summed E-state index contributed by atoms with van der Waals surface area (Å²) in [6, 6.07) is 6.62. The molecular formula is C17H25NO3S. The van der Waals surface area contributed by atoms with Gasteiger partial charge >= 0.3 is 0 Å². The molecule has 122 valence electrons. The molecular weight excluding hydrogens is 298 g/mol. The Morgan fingerprint density at radius 1 is 1.41 bits per heavy atom. The van der Waals surface area contributed by atoms with Crippen molar-refractivity contribution in [2.24, 2.45) is 23.2 Å².